The summed E-state index contributed by atoms with van der Waals surface area (Å²) >= 11 is 17.0. The third-order valence-electron chi connectivity index (χ3n) is 1.49. The Kier molecular flexibility index (Phi) is 9.14. The molecule has 0 N–H and O–H groups in total. The molecule has 0 aliphatic heterocycles. The summed E-state index contributed by atoms with van der Waals surface area (Å²) in [5, 5.41) is 0.329. The Morgan fingerprint density at radius 2 is 1.50 bits per heavy atom. The molecule has 0 fully saturated rings. The molecule has 3 nitrogen and oxygen atoms in total. The van der Waals surface area contributed by atoms with Crippen LogP contribution >= 0.6 is 34.8 Å². The number of hydrogen-bond acceptors (Lipinski definition) is 2. The molecule has 1 aromatic rings. The SMILES string of the molecule is C[N-]S(=O)(=O)c1cc(Cl)c(Cl)cc1Cl.[CH3-].[Y]. The minimum Gasteiger partial charge on any atom is -0.547 e. The smallest absolute Gasteiger partial charge is 0.102 e. The molecule has 0 aliphatic carbocycles. The van der Waals surface area contributed by atoms with Crippen LogP contribution in [-0.2, 0) is 42.7 Å². The molecular weight excluding hydrogens is 369 g/mol. The zero-order valence-electron chi connectivity index (χ0n) is 8.54. The first-order valence-electron chi connectivity index (χ1n) is 3.39. The number of sulfonamides is 1. The van der Waals surface area contributed by atoms with E-state index in [0.717, 1.165) is 7.05 Å². The van der Waals surface area contributed by atoms with Gasteiger partial charge < -0.3 is 12.1 Å². The molecular formula is C8H8Cl3NO2SY-2. The summed E-state index contributed by atoms with van der Waals surface area (Å²) < 4.78 is 25.9. The van der Waals surface area contributed by atoms with Gasteiger partial charge in [-0.3, -0.25) is 0 Å². The monoisotopic (exact) mass is 376 g/mol. The van der Waals surface area contributed by atoms with Crippen LogP contribution in [0.3, 0.4) is 0 Å². The maximum atomic E-state index is 11.3. The largest absolute Gasteiger partial charge is 0.547 e. The molecule has 1 aromatic carbocycles. The average Bonchev–Trinajstić information content (AvgIpc) is 2.11. The molecule has 0 atom stereocenters. The predicted octanol–water partition coefficient (Wildman–Crippen LogP) is 3.79. The Morgan fingerprint density at radius 1 is 1.06 bits per heavy atom. The standard InChI is InChI=1S/C7H5Cl3NO2S.CH3.Y/c1-11-14(12,13)7-3-5(9)4(8)2-6(7)10;;/h2-3H,1H3;1H3;/q2*-1;. The van der Waals surface area contributed by atoms with E-state index < -0.39 is 10.0 Å². The molecule has 89 valence electrons. The molecule has 0 spiro atoms. The molecule has 0 saturated heterocycles. The van der Waals surface area contributed by atoms with E-state index in [4.69, 9.17) is 34.8 Å². The quantitative estimate of drug-likeness (QED) is 0.582. The number of benzene rings is 1. The fraction of sp³-hybridized carbons (Fsp3) is 0.125. The molecule has 0 unspecified atom stereocenters. The first-order chi connectivity index (χ1) is 6.38. The summed E-state index contributed by atoms with van der Waals surface area (Å²) in [5.41, 5.74) is 0. The van der Waals surface area contributed by atoms with Crippen molar-refractivity contribution in [1.29, 1.82) is 0 Å². The van der Waals surface area contributed by atoms with Gasteiger partial charge in [-0.1, -0.05) is 34.8 Å². The number of hydrogen-bond donors (Lipinski definition) is 0. The second kappa shape index (κ2) is 7.52. The normalized spacial score (nSPS) is 10.2. The molecule has 0 heterocycles. The maximum Gasteiger partial charge on any atom is 0.102 e. The van der Waals surface area contributed by atoms with Crippen LogP contribution in [-0.4, -0.2) is 15.5 Å². The van der Waals surface area contributed by atoms with Crippen LogP contribution in [0.15, 0.2) is 17.0 Å². The van der Waals surface area contributed by atoms with E-state index in [1.807, 2.05) is 0 Å². The van der Waals surface area contributed by atoms with Crippen LogP contribution in [0.2, 0.25) is 15.1 Å². The zero-order chi connectivity index (χ0) is 10.9. The number of nitrogens with zero attached hydrogens (tertiary/aromatic N) is 1. The summed E-state index contributed by atoms with van der Waals surface area (Å²) in [6.45, 7) is 0. The Morgan fingerprint density at radius 3 is 1.94 bits per heavy atom. The summed E-state index contributed by atoms with van der Waals surface area (Å²) in [6.07, 6.45) is 0. The van der Waals surface area contributed by atoms with Gasteiger partial charge >= 0.3 is 0 Å². The second-order valence-electron chi connectivity index (χ2n) is 2.35. The van der Waals surface area contributed by atoms with Crippen molar-refractivity contribution < 1.29 is 41.1 Å². The summed E-state index contributed by atoms with van der Waals surface area (Å²) in [6, 6.07) is 2.44. The summed E-state index contributed by atoms with van der Waals surface area (Å²) in [5.74, 6) is 0. The molecule has 0 amide bonds. The van der Waals surface area contributed by atoms with Crippen LogP contribution in [0.1, 0.15) is 0 Å². The van der Waals surface area contributed by atoms with Crippen molar-refractivity contribution in [2.45, 2.75) is 4.90 Å². The van der Waals surface area contributed by atoms with Gasteiger partial charge in [0.2, 0.25) is 0 Å². The fourth-order valence-corrected chi connectivity index (χ4v) is 2.47. The predicted molar refractivity (Wildman–Crippen MR) is 64.4 cm³/mol. The van der Waals surface area contributed by atoms with E-state index in [1.54, 1.807) is 0 Å². The van der Waals surface area contributed by atoms with Crippen molar-refractivity contribution in [2.75, 3.05) is 7.05 Å². The van der Waals surface area contributed by atoms with E-state index in [0.29, 0.717) is 0 Å². The average molecular weight is 377 g/mol. The van der Waals surface area contributed by atoms with Crippen LogP contribution in [0.5, 0.6) is 0 Å². The van der Waals surface area contributed by atoms with Gasteiger partial charge in [0.15, 0.2) is 0 Å². The number of rotatable bonds is 2. The van der Waals surface area contributed by atoms with Crippen molar-refractivity contribution in [3.63, 3.8) is 0 Å². The van der Waals surface area contributed by atoms with Crippen LogP contribution < -0.4 is 0 Å². The van der Waals surface area contributed by atoms with E-state index in [1.165, 1.54) is 12.1 Å². The Labute approximate surface area is 136 Å². The van der Waals surface area contributed by atoms with Crippen LogP contribution in [0, 0.1) is 7.43 Å². The summed E-state index contributed by atoms with van der Waals surface area (Å²) in [7, 11) is -2.56. The van der Waals surface area contributed by atoms with Gasteiger partial charge in [0.05, 0.1) is 20.0 Å². The first kappa shape index (κ1) is 19.4. The van der Waals surface area contributed by atoms with E-state index >= 15 is 0 Å². The first-order valence-corrected chi connectivity index (χ1v) is 5.96. The fourth-order valence-electron chi connectivity index (χ4n) is 0.800. The van der Waals surface area contributed by atoms with Gasteiger partial charge in [0.25, 0.3) is 0 Å². The molecule has 0 bridgehead atoms. The zero-order valence-corrected chi connectivity index (χ0v) is 14.5. The van der Waals surface area contributed by atoms with Crippen molar-refractivity contribution in [2.24, 2.45) is 0 Å². The Hall–Kier alpha value is 1.10. The third-order valence-corrected chi connectivity index (χ3v) is 4.01. The topological polar surface area (TPSA) is 48.2 Å². The molecule has 1 rings (SSSR count). The second-order valence-corrected chi connectivity index (χ2v) is 5.33. The minimum absolute atomic E-state index is 0. The van der Waals surface area contributed by atoms with Crippen LogP contribution in [0.25, 0.3) is 4.72 Å². The van der Waals surface area contributed by atoms with Crippen molar-refractivity contribution in [3.05, 3.63) is 39.3 Å². The Bertz CT molecular complexity index is 465. The maximum absolute atomic E-state index is 11.3. The molecule has 0 aliphatic rings. The van der Waals surface area contributed by atoms with Crippen molar-refractivity contribution in [3.8, 4) is 0 Å². The van der Waals surface area contributed by atoms with Gasteiger partial charge in [0, 0.05) is 32.7 Å². The minimum atomic E-state index is -3.72. The summed E-state index contributed by atoms with van der Waals surface area (Å²) in [4.78, 5) is -0.143. The molecule has 16 heavy (non-hydrogen) atoms. The van der Waals surface area contributed by atoms with E-state index in [2.05, 4.69) is 4.72 Å². The van der Waals surface area contributed by atoms with Gasteiger partial charge in [-0.15, -0.1) is 0 Å². The Balaban J connectivity index is 0. The van der Waals surface area contributed by atoms with E-state index in [-0.39, 0.29) is 60.1 Å². The third kappa shape index (κ3) is 4.41. The molecule has 0 aromatic heterocycles. The van der Waals surface area contributed by atoms with Gasteiger partial charge in [-0.2, -0.15) is 7.05 Å². The van der Waals surface area contributed by atoms with Crippen LogP contribution in [0.4, 0.5) is 0 Å². The van der Waals surface area contributed by atoms with E-state index in [9.17, 15) is 8.42 Å². The van der Waals surface area contributed by atoms with Gasteiger partial charge in [-0.05, 0) is 12.1 Å². The van der Waals surface area contributed by atoms with Gasteiger partial charge in [-0.25, -0.2) is 8.42 Å². The molecule has 0 saturated carbocycles. The number of halogens is 3. The molecule has 8 heteroatoms. The van der Waals surface area contributed by atoms with Crippen molar-refractivity contribution in [1.82, 2.24) is 0 Å². The van der Waals surface area contributed by atoms with Gasteiger partial charge in [0.1, 0.15) is 10.0 Å². The van der Waals surface area contributed by atoms with Crippen molar-refractivity contribution >= 4 is 44.8 Å². The molecule has 1 radical (unpaired) electrons.